The summed E-state index contributed by atoms with van der Waals surface area (Å²) in [4.78, 5) is 25.7. The molecule has 1 aliphatic rings. The van der Waals surface area contributed by atoms with Crippen LogP contribution < -0.4 is 5.32 Å². The van der Waals surface area contributed by atoms with E-state index < -0.39 is 0 Å². The van der Waals surface area contributed by atoms with Crippen LogP contribution in [0, 0.1) is 12.8 Å². The van der Waals surface area contributed by atoms with E-state index in [-0.39, 0.29) is 30.2 Å². The van der Waals surface area contributed by atoms with Gasteiger partial charge in [-0.2, -0.15) is 0 Å². The van der Waals surface area contributed by atoms with Crippen molar-refractivity contribution in [1.82, 2.24) is 10.2 Å². The number of aryl methyl sites for hydroxylation is 1. The summed E-state index contributed by atoms with van der Waals surface area (Å²) in [6.07, 6.45) is 0.263. The lowest BCUT2D eigenvalue weighted by molar-refractivity contribution is -0.129. The zero-order valence-corrected chi connectivity index (χ0v) is 12.7. The van der Waals surface area contributed by atoms with Crippen molar-refractivity contribution in [3.05, 3.63) is 23.7 Å². The summed E-state index contributed by atoms with van der Waals surface area (Å²) in [5, 5.41) is 2.91. The fraction of sp³-hybridized carbons (Fsp3) is 0.600. The number of carbonyl (C=O) groups excluding carboxylic acids is 2. The second-order valence-electron chi connectivity index (χ2n) is 5.41. The predicted octanol–water partition coefficient (Wildman–Crippen LogP) is 1.26. The summed E-state index contributed by atoms with van der Waals surface area (Å²) >= 11 is 0. The molecule has 116 valence electrons. The molecule has 6 heteroatoms. The average Bonchev–Trinajstić information content (AvgIpc) is 3.03. The third-order valence-electron chi connectivity index (χ3n) is 3.70. The summed E-state index contributed by atoms with van der Waals surface area (Å²) < 4.78 is 10.5. The largest absolute Gasteiger partial charge is 0.464 e. The van der Waals surface area contributed by atoms with Crippen molar-refractivity contribution in [1.29, 1.82) is 0 Å². The molecule has 0 saturated carbocycles. The molecule has 0 spiro atoms. The van der Waals surface area contributed by atoms with Gasteiger partial charge in [0.15, 0.2) is 0 Å². The summed E-state index contributed by atoms with van der Waals surface area (Å²) in [6, 6.07) is 3.52. The van der Waals surface area contributed by atoms with Crippen LogP contribution in [0.2, 0.25) is 0 Å². The summed E-state index contributed by atoms with van der Waals surface area (Å²) in [5.74, 6) is 1.14. The Bertz CT molecular complexity index is 512. The van der Waals surface area contributed by atoms with E-state index in [0.29, 0.717) is 19.7 Å². The van der Waals surface area contributed by atoms with E-state index in [4.69, 9.17) is 9.15 Å². The highest BCUT2D eigenvalue weighted by Gasteiger charge is 2.34. The van der Waals surface area contributed by atoms with E-state index in [1.165, 1.54) is 0 Å². The molecule has 0 unspecified atom stereocenters. The first kappa shape index (κ1) is 15.6. The van der Waals surface area contributed by atoms with E-state index in [2.05, 4.69) is 5.32 Å². The van der Waals surface area contributed by atoms with Gasteiger partial charge in [0.2, 0.25) is 11.8 Å². The number of nitrogens with zero attached hydrogens (tertiary/aromatic N) is 1. The average molecular weight is 294 g/mol. The maximum Gasteiger partial charge on any atom is 0.226 e. The molecule has 1 aromatic rings. The van der Waals surface area contributed by atoms with Gasteiger partial charge in [0, 0.05) is 26.6 Å². The van der Waals surface area contributed by atoms with Gasteiger partial charge < -0.3 is 19.4 Å². The summed E-state index contributed by atoms with van der Waals surface area (Å²) in [6.45, 7) is 5.21. The Morgan fingerprint density at radius 1 is 1.57 bits per heavy atom. The number of hydrogen-bond donors (Lipinski definition) is 1. The highest BCUT2D eigenvalue weighted by Crippen LogP contribution is 2.20. The number of rotatable bonds is 6. The number of nitrogens with one attached hydrogen (secondary N) is 1. The minimum Gasteiger partial charge on any atom is -0.464 e. The SMILES string of the molecule is COCCN1C[C@H](C(=O)N[C@@H](C)c2ccc(C)o2)CC1=O. The molecule has 2 rings (SSSR count). The molecule has 0 aliphatic carbocycles. The first-order valence-corrected chi connectivity index (χ1v) is 7.14. The molecule has 1 saturated heterocycles. The van der Waals surface area contributed by atoms with Gasteiger partial charge in [-0.1, -0.05) is 0 Å². The fourth-order valence-corrected chi connectivity index (χ4v) is 2.45. The van der Waals surface area contributed by atoms with Crippen LogP contribution in [0.15, 0.2) is 16.5 Å². The lowest BCUT2D eigenvalue weighted by atomic mass is 10.1. The fourth-order valence-electron chi connectivity index (χ4n) is 2.45. The molecule has 0 radical (unpaired) electrons. The Morgan fingerprint density at radius 2 is 2.33 bits per heavy atom. The van der Waals surface area contributed by atoms with Crippen molar-refractivity contribution in [2.75, 3.05) is 26.8 Å². The minimum absolute atomic E-state index is 0.00805. The van der Waals surface area contributed by atoms with E-state index in [1.807, 2.05) is 26.0 Å². The molecule has 2 heterocycles. The highest BCUT2D eigenvalue weighted by atomic mass is 16.5. The second kappa shape index (κ2) is 6.76. The lowest BCUT2D eigenvalue weighted by Crippen LogP contribution is -2.35. The molecule has 2 amide bonds. The van der Waals surface area contributed by atoms with Gasteiger partial charge in [-0.3, -0.25) is 9.59 Å². The monoisotopic (exact) mass is 294 g/mol. The minimum atomic E-state index is -0.298. The van der Waals surface area contributed by atoms with Crippen LogP contribution in [0.3, 0.4) is 0 Å². The van der Waals surface area contributed by atoms with E-state index in [9.17, 15) is 9.59 Å². The van der Waals surface area contributed by atoms with Crippen molar-refractivity contribution in [3.63, 3.8) is 0 Å². The number of methoxy groups -OCH3 is 1. The first-order chi connectivity index (χ1) is 10.0. The van der Waals surface area contributed by atoms with Crippen molar-refractivity contribution in [2.45, 2.75) is 26.3 Å². The molecule has 1 N–H and O–H groups in total. The Hall–Kier alpha value is -1.82. The predicted molar refractivity (Wildman–Crippen MR) is 76.6 cm³/mol. The van der Waals surface area contributed by atoms with Gasteiger partial charge in [0.25, 0.3) is 0 Å². The second-order valence-corrected chi connectivity index (χ2v) is 5.41. The number of hydrogen-bond acceptors (Lipinski definition) is 4. The topological polar surface area (TPSA) is 71.8 Å². The Kier molecular flexibility index (Phi) is 5.01. The molecule has 1 aromatic heterocycles. The molecule has 1 aliphatic heterocycles. The van der Waals surface area contributed by atoms with Crippen LogP contribution in [-0.4, -0.2) is 43.5 Å². The van der Waals surface area contributed by atoms with Gasteiger partial charge in [-0.15, -0.1) is 0 Å². The molecular weight excluding hydrogens is 272 g/mol. The van der Waals surface area contributed by atoms with Crippen LogP contribution in [0.4, 0.5) is 0 Å². The van der Waals surface area contributed by atoms with Crippen molar-refractivity contribution < 1.29 is 18.7 Å². The molecule has 2 atom stereocenters. The highest BCUT2D eigenvalue weighted by molar-refractivity contribution is 5.89. The first-order valence-electron chi connectivity index (χ1n) is 7.14. The van der Waals surface area contributed by atoms with E-state index >= 15 is 0 Å². The van der Waals surface area contributed by atoms with Gasteiger partial charge >= 0.3 is 0 Å². The van der Waals surface area contributed by atoms with Gasteiger partial charge in [-0.05, 0) is 26.0 Å². The molecule has 1 fully saturated rings. The molecule has 21 heavy (non-hydrogen) atoms. The van der Waals surface area contributed by atoms with Crippen LogP contribution in [0.5, 0.6) is 0 Å². The molecule has 0 bridgehead atoms. The molecule has 0 aromatic carbocycles. The number of carbonyl (C=O) groups is 2. The van der Waals surface area contributed by atoms with Gasteiger partial charge in [0.05, 0.1) is 18.6 Å². The Labute approximate surface area is 124 Å². The van der Waals surface area contributed by atoms with Crippen molar-refractivity contribution in [2.24, 2.45) is 5.92 Å². The summed E-state index contributed by atoms with van der Waals surface area (Å²) in [5.41, 5.74) is 0. The maximum atomic E-state index is 12.2. The maximum absolute atomic E-state index is 12.2. The van der Waals surface area contributed by atoms with Crippen LogP contribution in [0.1, 0.15) is 30.9 Å². The van der Waals surface area contributed by atoms with Crippen molar-refractivity contribution in [3.8, 4) is 0 Å². The van der Waals surface area contributed by atoms with Crippen LogP contribution >= 0.6 is 0 Å². The Morgan fingerprint density at radius 3 is 2.95 bits per heavy atom. The standard InChI is InChI=1S/C15H22N2O4/c1-10-4-5-13(21-10)11(2)16-15(19)12-8-14(18)17(9-12)6-7-20-3/h4-5,11-12H,6-9H2,1-3H3,(H,16,19)/t11-,12+/m0/s1. The molecular formula is C15H22N2O4. The van der Waals surface area contributed by atoms with Crippen LogP contribution in [-0.2, 0) is 14.3 Å². The third kappa shape index (κ3) is 3.85. The van der Waals surface area contributed by atoms with Crippen LogP contribution in [0.25, 0.3) is 0 Å². The van der Waals surface area contributed by atoms with Gasteiger partial charge in [0.1, 0.15) is 11.5 Å². The number of likely N-dealkylation sites (tertiary alicyclic amines) is 1. The summed E-state index contributed by atoms with van der Waals surface area (Å²) in [7, 11) is 1.60. The number of ether oxygens (including phenoxy) is 1. The molecule has 6 nitrogen and oxygen atoms in total. The van der Waals surface area contributed by atoms with E-state index in [1.54, 1.807) is 12.0 Å². The number of amides is 2. The smallest absolute Gasteiger partial charge is 0.226 e. The third-order valence-corrected chi connectivity index (χ3v) is 3.70. The van der Waals surface area contributed by atoms with Crippen molar-refractivity contribution >= 4 is 11.8 Å². The van der Waals surface area contributed by atoms with E-state index in [0.717, 1.165) is 11.5 Å². The van der Waals surface area contributed by atoms with Gasteiger partial charge in [-0.25, -0.2) is 0 Å². The normalized spacial score (nSPS) is 19.9. The lowest BCUT2D eigenvalue weighted by Gasteiger charge is -2.17. The zero-order valence-electron chi connectivity index (χ0n) is 12.7. The zero-order chi connectivity index (χ0) is 15.4. The quantitative estimate of drug-likeness (QED) is 0.857. The Balaban J connectivity index is 1.88. The number of furan rings is 1.